The average Bonchev–Trinajstić information content (AvgIpc) is 3.13. The molecule has 3 rings (SSSR count). The van der Waals surface area contributed by atoms with E-state index in [1.54, 1.807) is 0 Å². The zero-order valence-electron chi connectivity index (χ0n) is 15.3. The van der Waals surface area contributed by atoms with Crippen molar-refractivity contribution >= 4 is 11.7 Å². The molecule has 1 aliphatic heterocycles. The molecule has 4 nitrogen and oxygen atoms in total. The van der Waals surface area contributed by atoms with Gasteiger partial charge in [-0.15, -0.1) is 0 Å². The van der Waals surface area contributed by atoms with Gasteiger partial charge in [-0.05, 0) is 32.6 Å². The normalized spacial score (nSPS) is 19.3. The second-order valence-corrected chi connectivity index (χ2v) is 7.59. The highest BCUT2D eigenvalue weighted by Crippen LogP contribution is 2.21. The molecule has 4 heteroatoms. The Morgan fingerprint density at radius 1 is 0.960 bits per heavy atom. The fraction of sp³-hybridized carbons (Fsp3) is 0.619. The van der Waals surface area contributed by atoms with Gasteiger partial charge in [0, 0.05) is 43.6 Å². The number of benzene rings is 1. The van der Waals surface area contributed by atoms with E-state index in [2.05, 4.69) is 5.32 Å². The third-order valence-electron chi connectivity index (χ3n) is 5.61. The van der Waals surface area contributed by atoms with Gasteiger partial charge in [-0.1, -0.05) is 42.7 Å². The van der Waals surface area contributed by atoms with Gasteiger partial charge in [0.1, 0.15) is 0 Å². The van der Waals surface area contributed by atoms with Crippen molar-refractivity contribution < 1.29 is 9.59 Å². The maximum absolute atomic E-state index is 12.4. The number of nitrogens with zero attached hydrogens (tertiary/aromatic N) is 1. The lowest BCUT2D eigenvalue weighted by molar-refractivity contribution is -0.132. The van der Waals surface area contributed by atoms with Crippen molar-refractivity contribution in [1.29, 1.82) is 0 Å². The van der Waals surface area contributed by atoms with Gasteiger partial charge in [-0.25, -0.2) is 0 Å². The number of carbonyl (C=O) groups is 2. The van der Waals surface area contributed by atoms with Crippen molar-refractivity contribution in [3.05, 3.63) is 35.4 Å². The van der Waals surface area contributed by atoms with Crippen molar-refractivity contribution in [3.63, 3.8) is 0 Å². The lowest BCUT2D eigenvalue weighted by atomic mass is 10.0. The van der Waals surface area contributed by atoms with E-state index in [0.717, 1.165) is 31.5 Å². The molecule has 0 unspecified atom stereocenters. The fourth-order valence-electron chi connectivity index (χ4n) is 3.98. The monoisotopic (exact) mass is 342 g/mol. The van der Waals surface area contributed by atoms with Crippen molar-refractivity contribution in [2.24, 2.45) is 0 Å². The number of ketones is 1. The van der Waals surface area contributed by atoms with E-state index in [4.69, 9.17) is 0 Å². The largest absolute Gasteiger partial charge is 0.343 e. The topological polar surface area (TPSA) is 49.4 Å². The molecule has 1 saturated heterocycles. The Labute approximate surface area is 151 Å². The molecule has 25 heavy (non-hydrogen) atoms. The summed E-state index contributed by atoms with van der Waals surface area (Å²) in [5, 5.41) is 3.76. The Hall–Kier alpha value is -1.68. The molecule has 1 N–H and O–H groups in total. The minimum Gasteiger partial charge on any atom is -0.343 e. The van der Waals surface area contributed by atoms with Crippen LogP contribution in [0, 0.1) is 6.92 Å². The maximum Gasteiger partial charge on any atom is 0.223 e. The molecule has 1 amide bonds. The number of nitrogens with one attached hydrogen (secondary N) is 1. The summed E-state index contributed by atoms with van der Waals surface area (Å²) in [6, 6.07) is 8.83. The highest BCUT2D eigenvalue weighted by molar-refractivity contribution is 5.97. The predicted octanol–water partition coefficient (Wildman–Crippen LogP) is 3.48. The van der Waals surface area contributed by atoms with Crippen LogP contribution in [0.2, 0.25) is 0 Å². The van der Waals surface area contributed by atoms with E-state index in [9.17, 15) is 9.59 Å². The molecule has 1 saturated carbocycles. The van der Waals surface area contributed by atoms with Gasteiger partial charge in [0.05, 0.1) is 0 Å². The van der Waals surface area contributed by atoms with Crippen LogP contribution in [0.4, 0.5) is 0 Å². The van der Waals surface area contributed by atoms with Gasteiger partial charge in [0.2, 0.25) is 5.91 Å². The molecule has 0 atom stereocenters. The van der Waals surface area contributed by atoms with E-state index < -0.39 is 0 Å². The molecular weight excluding hydrogens is 312 g/mol. The van der Waals surface area contributed by atoms with E-state index in [1.807, 2.05) is 36.1 Å². The summed E-state index contributed by atoms with van der Waals surface area (Å²) in [5.74, 6) is 0.186. The lowest BCUT2D eigenvalue weighted by Gasteiger charge is -2.34. The average molecular weight is 342 g/mol. The Kier molecular flexibility index (Phi) is 6.24. The molecule has 0 spiro atoms. The smallest absolute Gasteiger partial charge is 0.223 e. The number of aryl methyl sites for hydroxylation is 1. The molecule has 0 radical (unpaired) electrons. The van der Waals surface area contributed by atoms with Crippen molar-refractivity contribution in [2.45, 2.75) is 70.4 Å². The molecule has 1 heterocycles. The first-order chi connectivity index (χ1) is 12.1. The SMILES string of the molecule is Cc1ccc(C(=O)CCC(=O)N2CCC(NC3CCCC3)CC2)cc1. The predicted molar refractivity (Wildman–Crippen MR) is 99.7 cm³/mol. The number of rotatable bonds is 6. The standard InChI is InChI=1S/C21H30N2O2/c1-16-6-8-17(9-7-16)20(24)10-11-21(25)23-14-12-19(13-15-23)22-18-4-2-3-5-18/h6-9,18-19,22H,2-5,10-15H2,1H3. The lowest BCUT2D eigenvalue weighted by Crippen LogP contribution is -2.47. The molecule has 1 aliphatic carbocycles. The van der Waals surface area contributed by atoms with Crippen molar-refractivity contribution in [2.75, 3.05) is 13.1 Å². The summed E-state index contributed by atoms with van der Waals surface area (Å²) >= 11 is 0. The van der Waals surface area contributed by atoms with Crippen LogP contribution in [0.3, 0.4) is 0 Å². The Bertz CT molecular complexity index is 582. The van der Waals surface area contributed by atoms with Gasteiger partial charge in [-0.3, -0.25) is 9.59 Å². The highest BCUT2D eigenvalue weighted by Gasteiger charge is 2.25. The number of amides is 1. The maximum atomic E-state index is 12.4. The van der Waals surface area contributed by atoms with Gasteiger partial charge in [-0.2, -0.15) is 0 Å². The molecule has 136 valence electrons. The molecule has 1 aromatic carbocycles. The van der Waals surface area contributed by atoms with Crippen LogP contribution in [-0.2, 0) is 4.79 Å². The summed E-state index contributed by atoms with van der Waals surface area (Å²) < 4.78 is 0. The van der Waals surface area contributed by atoms with E-state index in [0.29, 0.717) is 30.5 Å². The Morgan fingerprint density at radius 3 is 2.20 bits per heavy atom. The number of Topliss-reactive ketones (excluding diaryl/α,β-unsaturated/α-hetero) is 1. The Morgan fingerprint density at radius 2 is 1.56 bits per heavy atom. The summed E-state index contributed by atoms with van der Waals surface area (Å²) in [6.45, 7) is 3.65. The summed E-state index contributed by atoms with van der Waals surface area (Å²) in [5.41, 5.74) is 1.85. The van der Waals surface area contributed by atoms with Gasteiger partial charge >= 0.3 is 0 Å². The van der Waals surface area contributed by atoms with Crippen LogP contribution in [0.15, 0.2) is 24.3 Å². The van der Waals surface area contributed by atoms with Crippen molar-refractivity contribution in [3.8, 4) is 0 Å². The van der Waals surface area contributed by atoms with Gasteiger partial charge in [0.25, 0.3) is 0 Å². The molecule has 1 aromatic rings. The van der Waals surface area contributed by atoms with Crippen LogP contribution in [0.1, 0.15) is 67.3 Å². The third-order valence-corrected chi connectivity index (χ3v) is 5.61. The van der Waals surface area contributed by atoms with Crippen LogP contribution >= 0.6 is 0 Å². The fourth-order valence-corrected chi connectivity index (χ4v) is 3.98. The van der Waals surface area contributed by atoms with Crippen LogP contribution in [0.5, 0.6) is 0 Å². The Balaban J connectivity index is 1.38. The van der Waals surface area contributed by atoms with Crippen LogP contribution < -0.4 is 5.32 Å². The quantitative estimate of drug-likeness (QED) is 0.805. The first-order valence-electron chi connectivity index (χ1n) is 9.75. The molecule has 0 bridgehead atoms. The second-order valence-electron chi connectivity index (χ2n) is 7.59. The first-order valence-corrected chi connectivity index (χ1v) is 9.75. The number of hydrogen-bond acceptors (Lipinski definition) is 3. The minimum atomic E-state index is 0.0612. The number of carbonyl (C=O) groups excluding carboxylic acids is 2. The molecular formula is C21H30N2O2. The van der Waals surface area contributed by atoms with E-state index in [-0.39, 0.29) is 11.7 Å². The number of likely N-dealkylation sites (tertiary alicyclic amines) is 1. The van der Waals surface area contributed by atoms with E-state index >= 15 is 0 Å². The van der Waals surface area contributed by atoms with Crippen LogP contribution in [0.25, 0.3) is 0 Å². The zero-order chi connectivity index (χ0) is 17.6. The summed E-state index contributed by atoms with van der Waals surface area (Å²) in [6.07, 6.45) is 8.02. The van der Waals surface area contributed by atoms with Crippen molar-refractivity contribution in [1.82, 2.24) is 10.2 Å². The third kappa shape index (κ3) is 5.15. The second kappa shape index (κ2) is 8.61. The van der Waals surface area contributed by atoms with E-state index in [1.165, 1.54) is 25.7 Å². The summed E-state index contributed by atoms with van der Waals surface area (Å²) in [4.78, 5) is 26.5. The molecule has 2 aliphatic rings. The zero-order valence-corrected chi connectivity index (χ0v) is 15.3. The van der Waals surface area contributed by atoms with Gasteiger partial charge in [0.15, 0.2) is 5.78 Å². The molecule has 2 fully saturated rings. The minimum absolute atomic E-state index is 0.0612. The highest BCUT2D eigenvalue weighted by atomic mass is 16.2. The first kappa shape index (κ1) is 18.1. The van der Waals surface area contributed by atoms with Gasteiger partial charge < -0.3 is 10.2 Å². The molecule has 0 aromatic heterocycles. The number of hydrogen-bond donors (Lipinski definition) is 1. The number of piperidine rings is 1. The summed E-state index contributed by atoms with van der Waals surface area (Å²) in [7, 11) is 0. The van der Waals surface area contributed by atoms with Crippen LogP contribution in [-0.4, -0.2) is 41.8 Å².